The van der Waals surface area contributed by atoms with Crippen LogP contribution in [0.3, 0.4) is 0 Å². The third kappa shape index (κ3) is 6.92. The van der Waals surface area contributed by atoms with Crippen LogP contribution in [0.1, 0.15) is 30.0 Å². The molecule has 14 rings (SSSR count). The van der Waals surface area contributed by atoms with Gasteiger partial charge in [0.15, 0.2) is 5.84 Å². The summed E-state index contributed by atoms with van der Waals surface area (Å²) in [5.41, 5.74) is 18.5. The normalized spacial score (nSPS) is 14.1. The smallest absolute Gasteiger partial charge is 0.160 e. The number of hydrogen-bond acceptors (Lipinski definition) is 4. The number of aliphatic imine (C=N–C) groups is 2. The maximum Gasteiger partial charge on any atom is 0.160 e. The summed E-state index contributed by atoms with van der Waals surface area (Å²) in [6, 6.07) is 81.6. The summed E-state index contributed by atoms with van der Waals surface area (Å²) >= 11 is 0. The molecule has 340 valence electrons. The molecule has 1 unspecified atom stereocenters. The zero-order chi connectivity index (χ0) is 47.7. The van der Waals surface area contributed by atoms with E-state index in [0.717, 1.165) is 117 Å². The molecule has 0 saturated heterocycles. The van der Waals surface area contributed by atoms with E-state index in [1.54, 1.807) is 0 Å². The average molecular weight is 924 g/mol. The summed E-state index contributed by atoms with van der Waals surface area (Å²) in [4.78, 5) is 10.7. The molecule has 0 radical (unpaired) electrons. The summed E-state index contributed by atoms with van der Waals surface area (Å²) in [6.07, 6.45) is 3.19. The molecule has 1 aliphatic heterocycles. The van der Waals surface area contributed by atoms with E-state index in [2.05, 4.69) is 242 Å². The molecule has 13 aromatic rings. The number of furan rings is 2. The number of hydrogen-bond donors (Lipinski definition) is 0. The molecule has 0 N–H and O–H groups in total. The van der Waals surface area contributed by atoms with Gasteiger partial charge in [-0.2, -0.15) is 0 Å². The van der Waals surface area contributed by atoms with E-state index in [4.69, 9.17) is 18.8 Å². The van der Waals surface area contributed by atoms with Gasteiger partial charge in [-0.25, -0.2) is 9.98 Å². The van der Waals surface area contributed by atoms with E-state index in [0.29, 0.717) is 5.84 Å². The first-order valence-electron chi connectivity index (χ1n) is 24.7. The Hall–Kier alpha value is -9.32. The Morgan fingerprint density at radius 3 is 1.82 bits per heavy atom. The van der Waals surface area contributed by atoms with Gasteiger partial charge in [0.1, 0.15) is 22.3 Å². The molecule has 10 aromatic carbocycles. The van der Waals surface area contributed by atoms with Gasteiger partial charge < -0.3 is 13.4 Å². The summed E-state index contributed by atoms with van der Waals surface area (Å²) in [6.45, 7) is 2.22. The van der Waals surface area contributed by atoms with Crippen molar-refractivity contribution in [1.29, 1.82) is 0 Å². The number of rotatable bonds is 8. The minimum Gasteiger partial charge on any atom is -0.456 e. The quantitative estimate of drug-likeness (QED) is 0.152. The summed E-state index contributed by atoms with van der Waals surface area (Å²) < 4.78 is 15.8. The highest BCUT2D eigenvalue weighted by Gasteiger charge is 2.23. The molecular formula is C67H45N3O2. The lowest BCUT2D eigenvalue weighted by Crippen LogP contribution is -2.14. The lowest BCUT2D eigenvalue weighted by atomic mass is 9.92. The van der Waals surface area contributed by atoms with Crippen molar-refractivity contribution in [3.63, 3.8) is 0 Å². The summed E-state index contributed by atoms with van der Waals surface area (Å²) in [5.74, 6) is 0.795. The molecule has 0 bridgehead atoms. The molecule has 5 nitrogen and oxygen atoms in total. The van der Waals surface area contributed by atoms with E-state index in [1.807, 2.05) is 6.07 Å². The van der Waals surface area contributed by atoms with Crippen molar-refractivity contribution in [1.82, 2.24) is 4.57 Å². The van der Waals surface area contributed by atoms with Crippen LogP contribution >= 0.6 is 0 Å². The van der Waals surface area contributed by atoms with E-state index < -0.39 is 0 Å². The van der Waals surface area contributed by atoms with Gasteiger partial charge >= 0.3 is 0 Å². The Morgan fingerprint density at radius 2 is 1.00 bits per heavy atom. The molecule has 0 amide bonds. The number of fused-ring (bicyclic) bond motifs is 9. The number of aromatic nitrogens is 1. The van der Waals surface area contributed by atoms with Crippen LogP contribution in [0.25, 0.3) is 110 Å². The minimum atomic E-state index is 0.101. The number of amidine groups is 1. The van der Waals surface area contributed by atoms with Gasteiger partial charge in [-0.3, -0.25) is 0 Å². The Bertz CT molecular complexity index is 4360. The van der Waals surface area contributed by atoms with Crippen LogP contribution < -0.4 is 0 Å². The first-order valence-corrected chi connectivity index (χ1v) is 24.7. The van der Waals surface area contributed by atoms with Crippen LogP contribution in [0.15, 0.2) is 255 Å². The number of nitrogens with zero attached hydrogens (tertiary/aromatic N) is 3. The molecule has 0 spiro atoms. The first-order chi connectivity index (χ1) is 35.6. The molecule has 0 fully saturated rings. The second kappa shape index (κ2) is 17.0. The van der Waals surface area contributed by atoms with E-state index in [9.17, 15) is 0 Å². The third-order valence-corrected chi connectivity index (χ3v) is 14.5. The molecular weight excluding hydrogens is 879 g/mol. The summed E-state index contributed by atoms with van der Waals surface area (Å²) in [5, 5.41) is 6.70. The SMILES string of the molecule is CCC1C=C(c2ccccc2)N=C(c2cccc(-c3ccc4oc5cccc(-c6ccc7c(c6)oc6cccc(-n8c9ccccc9c9cc(-c%10ccccc%10)ccc98)c67)c5c4c3)c2)N=C1c1ccccc1. The van der Waals surface area contributed by atoms with Gasteiger partial charge in [0.05, 0.1) is 33.5 Å². The lowest BCUT2D eigenvalue weighted by Gasteiger charge is -2.14. The molecule has 4 heterocycles. The number of benzene rings is 10. The maximum atomic E-state index is 6.80. The van der Waals surface area contributed by atoms with Gasteiger partial charge in [-0.05, 0) is 124 Å². The van der Waals surface area contributed by atoms with Crippen LogP contribution in [0, 0.1) is 5.92 Å². The van der Waals surface area contributed by atoms with Crippen molar-refractivity contribution in [2.75, 3.05) is 0 Å². The highest BCUT2D eigenvalue weighted by molar-refractivity contribution is 6.19. The van der Waals surface area contributed by atoms with Crippen molar-refractivity contribution < 1.29 is 8.83 Å². The molecule has 0 aliphatic carbocycles. The highest BCUT2D eigenvalue weighted by atomic mass is 16.3. The zero-order valence-electron chi connectivity index (χ0n) is 39.5. The molecule has 3 aromatic heterocycles. The monoisotopic (exact) mass is 923 g/mol. The van der Waals surface area contributed by atoms with Crippen molar-refractivity contribution in [3.8, 4) is 39.1 Å². The standard InChI is InChI=1S/C67H45N3O2/c1-2-42-40-56(44-19-8-4-9-20-44)68-67(69-66(42)45-21-10-5-11-22-45)50-24-14-23-46(37-50)48-33-36-60-55(39-48)64-51(26-15-29-61(64)71-60)49-31-34-53-63(41-49)72-62-30-16-28-59(65(53)62)70-57-27-13-12-25-52(57)54-38-47(32-35-58(54)70)43-17-6-3-7-18-43/h3-42H,2H2,1H3. The Morgan fingerprint density at radius 1 is 0.389 bits per heavy atom. The van der Waals surface area contributed by atoms with Gasteiger partial charge in [0.25, 0.3) is 0 Å². The van der Waals surface area contributed by atoms with Crippen molar-refractivity contribution >= 4 is 82.9 Å². The second-order valence-corrected chi connectivity index (χ2v) is 18.7. The largest absolute Gasteiger partial charge is 0.456 e. The van der Waals surface area contributed by atoms with E-state index in [1.165, 1.54) is 21.9 Å². The summed E-state index contributed by atoms with van der Waals surface area (Å²) in [7, 11) is 0. The Labute approximate surface area is 416 Å². The zero-order valence-corrected chi connectivity index (χ0v) is 39.5. The van der Waals surface area contributed by atoms with Crippen LogP contribution in [-0.2, 0) is 0 Å². The first kappa shape index (κ1) is 41.6. The fourth-order valence-corrected chi connectivity index (χ4v) is 11.0. The predicted molar refractivity (Wildman–Crippen MR) is 299 cm³/mol. The predicted octanol–water partition coefficient (Wildman–Crippen LogP) is 17.9. The van der Waals surface area contributed by atoms with Crippen molar-refractivity contribution in [2.45, 2.75) is 13.3 Å². The van der Waals surface area contributed by atoms with Crippen LogP contribution in [-0.4, -0.2) is 16.1 Å². The topological polar surface area (TPSA) is 55.9 Å². The fourth-order valence-electron chi connectivity index (χ4n) is 11.0. The van der Waals surface area contributed by atoms with Gasteiger partial charge in [-0.1, -0.05) is 171 Å². The van der Waals surface area contributed by atoms with E-state index in [-0.39, 0.29) is 5.92 Å². The molecule has 1 atom stereocenters. The Balaban J connectivity index is 0.867. The van der Waals surface area contributed by atoms with Gasteiger partial charge in [0.2, 0.25) is 0 Å². The number of allylic oxidation sites excluding steroid dienone is 1. The highest BCUT2D eigenvalue weighted by Crippen LogP contribution is 2.43. The van der Waals surface area contributed by atoms with Crippen molar-refractivity contribution in [2.24, 2.45) is 15.9 Å². The maximum absolute atomic E-state index is 6.80. The van der Waals surface area contributed by atoms with Crippen LogP contribution in [0.5, 0.6) is 0 Å². The second-order valence-electron chi connectivity index (χ2n) is 18.7. The minimum absolute atomic E-state index is 0.101. The molecule has 1 aliphatic rings. The number of para-hydroxylation sites is 1. The fraction of sp³-hybridized carbons (Fsp3) is 0.0448. The van der Waals surface area contributed by atoms with Crippen LogP contribution in [0.2, 0.25) is 0 Å². The molecule has 72 heavy (non-hydrogen) atoms. The molecule has 0 saturated carbocycles. The third-order valence-electron chi connectivity index (χ3n) is 14.5. The van der Waals surface area contributed by atoms with Crippen LogP contribution in [0.4, 0.5) is 0 Å². The average Bonchev–Trinajstić information content (AvgIpc) is 4.08. The van der Waals surface area contributed by atoms with Gasteiger partial charge in [-0.15, -0.1) is 0 Å². The molecule has 5 heteroatoms. The lowest BCUT2D eigenvalue weighted by molar-refractivity contribution is 0.668. The Kier molecular flexibility index (Phi) is 9.81. The van der Waals surface area contributed by atoms with Crippen molar-refractivity contribution in [3.05, 3.63) is 253 Å². The van der Waals surface area contributed by atoms with Gasteiger partial charge in [0, 0.05) is 38.4 Å². The van der Waals surface area contributed by atoms with E-state index >= 15 is 0 Å².